The minimum atomic E-state index is -1.01. The van der Waals surface area contributed by atoms with Crippen LogP contribution in [0.4, 0.5) is 0 Å². The molecule has 0 amide bonds. The Labute approximate surface area is 100 Å². The summed E-state index contributed by atoms with van der Waals surface area (Å²) in [4.78, 5) is 19.4. The fourth-order valence-corrected chi connectivity index (χ4v) is 1.03. The van der Waals surface area contributed by atoms with Crippen molar-refractivity contribution in [2.24, 2.45) is 17.4 Å². The van der Waals surface area contributed by atoms with Crippen LogP contribution in [0.25, 0.3) is 0 Å². The minimum Gasteiger partial charge on any atom is -0.481 e. The van der Waals surface area contributed by atoms with E-state index in [9.17, 15) is 14.7 Å². The quantitative estimate of drug-likeness (QED) is 0.415. The van der Waals surface area contributed by atoms with Gasteiger partial charge >= 0.3 is 11.9 Å². The fraction of sp³-hybridized carbons (Fsp3) is 0.800. The van der Waals surface area contributed by atoms with E-state index < -0.39 is 24.1 Å². The smallest absolute Gasteiger partial charge is 0.317 e. The highest BCUT2D eigenvalue weighted by Crippen LogP contribution is 2.08. The Bertz CT molecular complexity index is 233. The molecule has 0 unspecified atom stereocenters. The standard InChI is InChI=1S/C8H17NO3.C2H5NO2/c1-5(2)3-6(9)7(10)4-8(11)12;3-1-2(4)5/h5-7,10H,3-4,9H2,1-2H3,(H,11,12);1,3H2,(H,4,5)/t6-,7-;/m0./s1. The molecular formula is C10H22N2O5. The predicted molar refractivity (Wildman–Crippen MR) is 62.4 cm³/mol. The molecule has 7 N–H and O–H groups in total. The molecule has 0 radical (unpaired) electrons. The molecule has 0 aliphatic rings. The number of carboxylic acid groups (broad SMARTS) is 2. The first-order valence-electron chi connectivity index (χ1n) is 5.28. The third kappa shape index (κ3) is 14.8. The Morgan fingerprint density at radius 2 is 1.59 bits per heavy atom. The molecule has 0 bridgehead atoms. The van der Waals surface area contributed by atoms with Gasteiger partial charge < -0.3 is 26.8 Å². The van der Waals surface area contributed by atoms with Crippen molar-refractivity contribution in [3.05, 3.63) is 0 Å². The number of carboxylic acids is 2. The van der Waals surface area contributed by atoms with Crippen LogP contribution >= 0.6 is 0 Å². The molecule has 0 aliphatic carbocycles. The Morgan fingerprint density at radius 1 is 1.18 bits per heavy atom. The average molecular weight is 250 g/mol. The first kappa shape index (κ1) is 18.2. The lowest BCUT2D eigenvalue weighted by Gasteiger charge is -2.18. The average Bonchev–Trinajstić information content (AvgIpc) is 2.16. The largest absolute Gasteiger partial charge is 0.481 e. The third-order valence-electron chi connectivity index (χ3n) is 1.80. The first-order valence-corrected chi connectivity index (χ1v) is 5.28. The molecule has 17 heavy (non-hydrogen) atoms. The number of aliphatic carboxylic acids is 2. The van der Waals surface area contributed by atoms with Gasteiger partial charge in [-0.2, -0.15) is 0 Å². The van der Waals surface area contributed by atoms with Crippen LogP contribution in [0.1, 0.15) is 26.7 Å². The van der Waals surface area contributed by atoms with E-state index in [1.807, 2.05) is 13.8 Å². The van der Waals surface area contributed by atoms with Crippen molar-refractivity contribution in [3.63, 3.8) is 0 Å². The summed E-state index contributed by atoms with van der Waals surface area (Å²) in [5.74, 6) is -1.60. The van der Waals surface area contributed by atoms with Crippen LogP contribution in [-0.2, 0) is 9.59 Å². The second-order valence-corrected chi connectivity index (χ2v) is 4.06. The summed E-state index contributed by atoms with van der Waals surface area (Å²) in [6, 6.07) is -0.430. The van der Waals surface area contributed by atoms with Gasteiger partial charge in [-0.25, -0.2) is 0 Å². The number of hydrogen-bond acceptors (Lipinski definition) is 5. The van der Waals surface area contributed by atoms with Gasteiger partial charge in [0.05, 0.1) is 19.1 Å². The van der Waals surface area contributed by atoms with E-state index in [0.29, 0.717) is 12.3 Å². The maximum Gasteiger partial charge on any atom is 0.317 e. The van der Waals surface area contributed by atoms with Crippen molar-refractivity contribution in [2.75, 3.05) is 6.54 Å². The van der Waals surface area contributed by atoms with Crippen molar-refractivity contribution in [2.45, 2.75) is 38.8 Å². The van der Waals surface area contributed by atoms with E-state index in [1.165, 1.54) is 0 Å². The van der Waals surface area contributed by atoms with Crippen molar-refractivity contribution in [1.82, 2.24) is 0 Å². The molecule has 0 aromatic rings. The zero-order chi connectivity index (χ0) is 14.0. The number of hydrogen-bond donors (Lipinski definition) is 5. The highest BCUT2D eigenvalue weighted by atomic mass is 16.4. The van der Waals surface area contributed by atoms with Crippen molar-refractivity contribution in [3.8, 4) is 0 Å². The van der Waals surface area contributed by atoms with Gasteiger partial charge in [0.2, 0.25) is 0 Å². The predicted octanol–water partition coefficient (Wildman–Crippen LogP) is -0.775. The highest BCUT2D eigenvalue weighted by Gasteiger charge is 2.18. The fourth-order valence-electron chi connectivity index (χ4n) is 1.03. The topological polar surface area (TPSA) is 147 Å². The van der Waals surface area contributed by atoms with E-state index in [2.05, 4.69) is 5.73 Å². The summed E-state index contributed by atoms with van der Waals surface area (Å²) in [5.41, 5.74) is 10.1. The van der Waals surface area contributed by atoms with E-state index in [0.717, 1.165) is 0 Å². The lowest BCUT2D eigenvalue weighted by molar-refractivity contribution is -0.139. The van der Waals surface area contributed by atoms with E-state index in [1.54, 1.807) is 0 Å². The molecule has 0 heterocycles. The Morgan fingerprint density at radius 3 is 1.82 bits per heavy atom. The molecule has 0 aromatic heterocycles. The van der Waals surface area contributed by atoms with Gasteiger partial charge in [0.15, 0.2) is 0 Å². The van der Waals surface area contributed by atoms with Gasteiger partial charge in [0.25, 0.3) is 0 Å². The molecule has 0 fully saturated rings. The Kier molecular flexibility index (Phi) is 10.7. The monoisotopic (exact) mass is 250 g/mol. The lowest BCUT2D eigenvalue weighted by Crippen LogP contribution is -2.37. The van der Waals surface area contributed by atoms with Gasteiger partial charge in [-0.15, -0.1) is 0 Å². The van der Waals surface area contributed by atoms with Crippen LogP contribution in [0.5, 0.6) is 0 Å². The zero-order valence-corrected chi connectivity index (χ0v) is 10.2. The maximum absolute atomic E-state index is 10.2. The SMILES string of the molecule is CC(C)C[C@H](N)[C@@H](O)CC(=O)O.NCC(=O)O. The van der Waals surface area contributed by atoms with Crippen LogP contribution in [0.2, 0.25) is 0 Å². The molecule has 0 aliphatic heterocycles. The molecule has 102 valence electrons. The number of nitrogens with two attached hydrogens (primary N) is 2. The van der Waals surface area contributed by atoms with Gasteiger partial charge in [-0.1, -0.05) is 13.8 Å². The van der Waals surface area contributed by atoms with Crippen LogP contribution in [0.3, 0.4) is 0 Å². The number of aliphatic hydroxyl groups is 1. The summed E-state index contributed by atoms with van der Waals surface area (Å²) in [6.45, 7) is 3.68. The third-order valence-corrected chi connectivity index (χ3v) is 1.80. The van der Waals surface area contributed by atoms with Gasteiger partial charge in [-0.05, 0) is 12.3 Å². The summed E-state index contributed by atoms with van der Waals surface area (Å²) < 4.78 is 0. The van der Waals surface area contributed by atoms with Crippen LogP contribution in [0.15, 0.2) is 0 Å². The van der Waals surface area contributed by atoms with Crippen molar-refractivity contribution in [1.29, 1.82) is 0 Å². The van der Waals surface area contributed by atoms with E-state index in [-0.39, 0.29) is 13.0 Å². The second-order valence-electron chi connectivity index (χ2n) is 4.06. The summed E-state index contributed by atoms with van der Waals surface area (Å²) >= 11 is 0. The summed E-state index contributed by atoms with van der Waals surface area (Å²) in [7, 11) is 0. The van der Waals surface area contributed by atoms with Gasteiger partial charge in [0.1, 0.15) is 0 Å². The molecule has 0 rings (SSSR count). The molecule has 0 aromatic carbocycles. The minimum absolute atomic E-state index is 0.270. The number of carbonyl (C=O) groups is 2. The molecule has 0 saturated heterocycles. The second kappa shape index (κ2) is 10.0. The van der Waals surface area contributed by atoms with E-state index >= 15 is 0 Å². The van der Waals surface area contributed by atoms with Gasteiger partial charge in [-0.3, -0.25) is 9.59 Å². The molecule has 7 heteroatoms. The molecule has 0 spiro atoms. The van der Waals surface area contributed by atoms with Crippen LogP contribution in [0, 0.1) is 5.92 Å². The summed E-state index contributed by atoms with van der Waals surface area (Å²) in [6.07, 6.45) is -0.549. The van der Waals surface area contributed by atoms with Crippen molar-refractivity contribution < 1.29 is 24.9 Å². The molecular weight excluding hydrogens is 228 g/mol. The van der Waals surface area contributed by atoms with Crippen LogP contribution < -0.4 is 11.5 Å². The normalized spacial score (nSPS) is 13.5. The molecule has 7 nitrogen and oxygen atoms in total. The lowest BCUT2D eigenvalue weighted by atomic mass is 9.98. The maximum atomic E-state index is 10.2. The van der Waals surface area contributed by atoms with Gasteiger partial charge in [0, 0.05) is 6.04 Å². The number of aliphatic hydroxyl groups excluding tert-OH is 1. The summed E-state index contributed by atoms with van der Waals surface area (Å²) in [5, 5.41) is 25.2. The molecule has 2 atom stereocenters. The first-order chi connectivity index (χ1) is 7.70. The van der Waals surface area contributed by atoms with E-state index in [4.69, 9.17) is 15.9 Å². The zero-order valence-electron chi connectivity index (χ0n) is 10.2. The number of rotatable bonds is 6. The van der Waals surface area contributed by atoms with Crippen molar-refractivity contribution >= 4 is 11.9 Å². The van der Waals surface area contributed by atoms with Crippen LogP contribution in [-0.4, -0.2) is 45.9 Å². The molecule has 0 saturated carbocycles. The Balaban J connectivity index is 0. The Hall–Kier alpha value is -1.18. The highest BCUT2D eigenvalue weighted by molar-refractivity contribution is 5.68.